The summed E-state index contributed by atoms with van der Waals surface area (Å²) in [4.78, 5) is 0. The van der Waals surface area contributed by atoms with Crippen molar-refractivity contribution < 1.29 is 0 Å². The van der Waals surface area contributed by atoms with Crippen molar-refractivity contribution in [2.75, 3.05) is 24.6 Å². The fourth-order valence-electron chi connectivity index (χ4n) is 2.54. The Morgan fingerprint density at radius 1 is 0.643 bits per heavy atom. The second kappa shape index (κ2) is 8.72. The molecule has 88 valence electrons. The van der Waals surface area contributed by atoms with Crippen LogP contribution in [-0.4, -0.2) is 24.6 Å². The molecule has 0 aromatic rings. The molecule has 0 aliphatic carbocycles. The molecule has 14 heavy (non-hydrogen) atoms. The van der Waals surface area contributed by atoms with Crippen LogP contribution in [0.5, 0.6) is 0 Å². The van der Waals surface area contributed by atoms with Gasteiger partial charge in [0.2, 0.25) is 0 Å². The van der Waals surface area contributed by atoms with Gasteiger partial charge in [0.15, 0.2) is 0 Å². The second-order valence-electron chi connectivity index (χ2n) is 4.81. The molecule has 0 heterocycles. The van der Waals surface area contributed by atoms with Gasteiger partial charge in [-0.25, -0.2) is 0 Å². The van der Waals surface area contributed by atoms with Crippen LogP contribution in [0.4, 0.5) is 0 Å². The summed E-state index contributed by atoms with van der Waals surface area (Å²) in [7, 11) is -0.811. The molecule has 0 spiro atoms. The van der Waals surface area contributed by atoms with E-state index in [2.05, 4.69) is 27.7 Å². The van der Waals surface area contributed by atoms with Crippen molar-refractivity contribution in [1.82, 2.24) is 0 Å². The van der Waals surface area contributed by atoms with E-state index in [-0.39, 0.29) is 0 Å². The fraction of sp³-hybridized carbons (Fsp3) is 1.00. The van der Waals surface area contributed by atoms with Crippen LogP contribution in [0.25, 0.3) is 0 Å². The third-order valence-electron chi connectivity index (χ3n) is 3.65. The van der Waals surface area contributed by atoms with Crippen molar-refractivity contribution in [1.29, 1.82) is 0 Å². The van der Waals surface area contributed by atoms with Gasteiger partial charge in [0.1, 0.15) is 0 Å². The first kappa shape index (κ1) is 14.4. The molecule has 0 bridgehead atoms. The van der Waals surface area contributed by atoms with E-state index in [0.29, 0.717) is 0 Å². The van der Waals surface area contributed by atoms with E-state index >= 15 is 0 Å². The van der Waals surface area contributed by atoms with Crippen LogP contribution in [0.15, 0.2) is 0 Å². The van der Waals surface area contributed by atoms with E-state index in [1.54, 1.807) is 18.5 Å². The summed E-state index contributed by atoms with van der Waals surface area (Å²) < 4.78 is 0. The predicted octanol–water partition coefficient (Wildman–Crippen LogP) is 4.77. The van der Waals surface area contributed by atoms with Gasteiger partial charge in [-0.2, -0.15) is 0 Å². The molecular weight excluding hydrogens is 187 g/mol. The SMILES string of the molecule is CCCC[PH](CC)(CCC)CCCC. The van der Waals surface area contributed by atoms with Gasteiger partial charge in [-0.05, 0) is 0 Å². The summed E-state index contributed by atoms with van der Waals surface area (Å²) in [5.74, 6) is 0. The third-order valence-corrected chi connectivity index (χ3v) is 9.54. The van der Waals surface area contributed by atoms with Gasteiger partial charge < -0.3 is 0 Å². The Balaban J connectivity index is 4.11. The molecule has 0 unspecified atom stereocenters. The Hall–Kier alpha value is 0.430. The molecule has 0 saturated heterocycles. The third kappa shape index (κ3) is 5.35. The van der Waals surface area contributed by atoms with Crippen LogP contribution in [-0.2, 0) is 0 Å². The van der Waals surface area contributed by atoms with Gasteiger partial charge in [0, 0.05) is 0 Å². The van der Waals surface area contributed by atoms with Gasteiger partial charge in [0.05, 0.1) is 0 Å². The molecule has 0 N–H and O–H groups in total. The van der Waals surface area contributed by atoms with Crippen molar-refractivity contribution in [2.24, 2.45) is 0 Å². The molecule has 0 nitrogen and oxygen atoms in total. The van der Waals surface area contributed by atoms with Crippen molar-refractivity contribution in [3.8, 4) is 0 Å². The van der Waals surface area contributed by atoms with E-state index in [9.17, 15) is 0 Å². The van der Waals surface area contributed by atoms with Crippen LogP contribution in [0.3, 0.4) is 0 Å². The Bertz CT molecular complexity index is 112. The number of hydrogen-bond donors (Lipinski definition) is 0. The Kier molecular flexibility index (Phi) is 8.98. The summed E-state index contributed by atoms with van der Waals surface area (Å²) in [5, 5.41) is 0. The van der Waals surface area contributed by atoms with Crippen molar-refractivity contribution >= 4 is 7.26 Å². The van der Waals surface area contributed by atoms with E-state index in [4.69, 9.17) is 0 Å². The summed E-state index contributed by atoms with van der Waals surface area (Å²) >= 11 is 0. The van der Waals surface area contributed by atoms with E-state index in [1.807, 2.05) is 0 Å². The zero-order valence-corrected chi connectivity index (χ0v) is 11.9. The van der Waals surface area contributed by atoms with Crippen LogP contribution in [0.2, 0.25) is 0 Å². The first-order valence-electron chi connectivity index (χ1n) is 6.74. The molecular formula is C13H31P. The molecule has 0 aliphatic rings. The van der Waals surface area contributed by atoms with Crippen molar-refractivity contribution in [3.63, 3.8) is 0 Å². The normalized spacial score (nSPS) is 13.1. The fourth-order valence-corrected chi connectivity index (χ4v) is 7.62. The maximum atomic E-state index is 2.45. The van der Waals surface area contributed by atoms with Crippen molar-refractivity contribution in [3.05, 3.63) is 0 Å². The zero-order valence-electron chi connectivity index (χ0n) is 10.9. The average Bonchev–Trinajstić information content (AvgIpc) is 2.22. The summed E-state index contributed by atoms with van der Waals surface area (Å²) in [6.45, 7) is 9.49. The first-order valence-corrected chi connectivity index (χ1v) is 9.57. The molecule has 1 heteroatoms. The maximum absolute atomic E-state index is 2.45. The minimum atomic E-state index is -0.811. The molecule has 0 amide bonds. The molecule has 0 rings (SSSR count). The predicted molar refractivity (Wildman–Crippen MR) is 73.6 cm³/mol. The van der Waals surface area contributed by atoms with Crippen LogP contribution in [0.1, 0.15) is 59.8 Å². The second-order valence-corrected chi connectivity index (χ2v) is 10.0. The summed E-state index contributed by atoms with van der Waals surface area (Å²) in [6.07, 6.45) is 13.5. The van der Waals surface area contributed by atoms with Crippen molar-refractivity contribution in [2.45, 2.75) is 59.8 Å². The summed E-state index contributed by atoms with van der Waals surface area (Å²) in [5.41, 5.74) is 0. The quantitative estimate of drug-likeness (QED) is 0.489. The standard InChI is InChI=1S/C13H31P/c1-5-9-12-14(8-4,11-7-3)13-10-6-2/h14H,5-13H2,1-4H3. The van der Waals surface area contributed by atoms with Gasteiger partial charge in [-0.15, -0.1) is 0 Å². The summed E-state index contributed by atoms with van der Waals surface area (Å²) in [6, 6.07) is 0. The molecule has 0 aromatic carbocycles. The zero-order chi connectivity index (χ0) is 10.9. The first-order chi connectivity index (χ1) is 6.74. The van der Waals surface area contributed by atoms with E-state index < -0.39 is 7.26 Å². The minimum absolute atomic E-state index is 0.811. The van der Waals surface area contributed by atoms with Crippen LogP contribution in [0, 0.1) is 0 Å². The average molecular weight is 218 g/mol. The molecule has 0 aromatic heterocycles. The topological polar surface area (TPSA) is 0 Å². The Morgan fingerprint density at radius 3 is 1.43 bits per heavy atom. The molecule has 0 radical (unpaired) electrons. The Labute approximate surface area is 92.2 Å². The number of unbranched alkanes of at least 4 members (excludes halogenated alkanes) is 2. The van der Waals surface area contributed by atoms with Crippen LogP contribution >= 0.6 is 7.26 Å². The van der Waals surface area contributed by atoms with E-state index in [0.717, 1.165) is 0 Å². The van der Waals surface area contributed by atoms with Gasteiger partial charge >= 0.3 is 91.7 Å². The molecule has 0 atom stereocenters. The van der Waals surface area contributed by atoms with Gasteiger partial charge in [0.25, 0.3) is 0 Å². The molecule has 0 saturated carbocycles. The number of rotatable bonds is 9. The number of hydrogen-bond acceptors (Lipinski definition) is 0. The van der Waals surface area contributed by atoms with E-state index in [1.165, 1.54) is 38.3 Å². The van der Waals surface area contributed by atoms with Gasteiger partial charge in [-0.3, -0.25) is 0 Å². The Morgan fingerprint density at radius 2 is 1.14 bits per heavy atom. The molecule has 0 fully saturated rings. The molecule has 0 aliphatic heterocycles. The monoisotopic (exact) mass is 218 g/mol. The van der Waals surface area contributed by atoms with Gasteiger partial charge in [-0.1, -0.05) is 0 Å². The van der Waals surface area contributed by atoms with Crippen LogP contribution < -0.4 is 0 Å².